The number of piperidine rings is 1. The average molecular weight is 1010 g/mol. The predicted molar refractivity (Wildman–Crippen MR) is 298 cm³/mol. The molecule has 7 fully saturated rings. The molecule has 8 aliphatic rings. The van der Waals surface area contributed by atoms with Crippen LogP contribution in [0, 0.1) is 86.3 Å². The molecule has 74 heavy (non-hydrogen) atoms. The van der Waals surface area contributed by atoms with E-state index in [1.165, 1.54) is 17.5 Å². The molecule has 8 heteroatoms. The van der Waals surface area contributed by atoms with Crippen molar-refractivity contribution in [3.8, 4) is 0 Å². The van der Waals surface area contributed by atoms with Crippen molar-refractivity contribution in [2.75, 3.05) is 27.2 Å². The van der Waals surface area contributed by atoms with E-state index in [-0.39, 0.29) is 74.6 Å². The molecule has 2 N–H and O–H groups in total. The second-order valence-corrected chi connectivity index (χ2v) is 28.3. The van der Waals surface area contributed by atoms with Gasteiger partial charge in [-0.1, -0.05) is 110 Å². The molecule has 0 bridgehead atoms. The summed E-state index contributed by atoms with van der Waals surface area (Å²) >= 11 is 0. The highest BCUT2D eigenvalue weighted by atomic mass is 16.2. The molecule has 2 aliphatic heterocycles. The van der Waals surface area contributed by atoms with Gasteiger partial charge >= 0.3 is 0 Å². The zero-order valence-corrected chi connectivity index (χ0v) is 47.9. The van der Waals surface area contributed by atoms with Crippen LogP contribution in [0.2, 0.25) is 0 Å². The highest BCUT2D eigenvalue weighted by Crippen LogP contribution is 2.76. The quantitative estimate of drug-likeness (QED) is 0.209. The van der Waals surface area contributed by atoms with Crippen LogP contribution in [0.3, 0.4) is 0 Å². The topological polar surface area (TPSA) is 98.8 Å². The van der Waals surface area contributed by atoms with E-state index in [0.29, 0.717) is 72.1 Å². The van der Waals surface area contributed by atoms with E-state index in [4.69, 9.17) is 0 Å². The van der Waals surface area contributed by atoms with Gasteiger partial charge in [-0.3, -0.25) is 19.2 Å². The summed E-state index contributed by atoms with van der Waals surface area (Å²) in [5.74, 6) is 5.12. The molecule has 0 aromatic heterocycles. The molecule has 17 atom stereocenters. The Labute approximate surface area is 447 Å². The van der Waals surface area contributed by atoms with Gasteiger partial charge in [0.15, 0.2) is 0 Å². The lowest BCUT2D eigenvalue weighted by atomic mass is 9.38. The van der Waals surface area contributed by atoms with E-state index in [0.717, 1.165) is 101 Å². The molecule has 1 saturated heterocycles. The Morgan fingerprint density at radius 3 is 1.77 bits per heavy atom. The molecular weight excluding hydrogens is 913 g/mol. The molecule has 8 nitrogen and oxygen atoms in total. The molecule has 10 rings (SSSR count). The summed E-state index contributed by atoms with van der Waals surface area (Å²) in [7, 11) is 4.14. The summed E-state index contributed by atoms with van der Waals surface area (Å²) in [5, 5.41) is 7.25. The maximum atomic E-state index is 14.9. The third-order valence-electron chi connectivity index (χ3n) is 24.3. The summed E-state index contributed by atoms with van der Waals surface area (Å²) in [4.78, 5) is 60.9. The first-order chi connectivity index (χ1) is 35.1. The molecule has 6 aliphatic carbocycles. The Balaban J connectivity index is 0.947. The zero-order valence-electron chi connectivity index (χ0n) is 47.9. The standard InChI is InChI=1S/C66H96N4O4/c1-40(2)35-44-13-17-46(18-14-44)42(5)60(73)67-38-48-21-24-51-50-23-26-57-65(10,54(50)27-31-62(48,51)7)55(37-59(72)70(57)12)66(39-68-61(74)43(6)47-19-15-45(16-20-47)36-41(3)4)34-29-53-49-22-25-56-63(8,32-30-58(71)69(56)11)52(49)28-33-64(53,66)9/h13-20,30,32,40-43,48-57H,21-29,31,33-39H2,1-12H3,(H,67,73)(H,68,74)/t42?,43?,48?,49-,50+,51+,52-,53+,54-,55?,56?,57?,62-,63-,64+,65+,66?/m1/s1. The SMILES string of the molecule is CC(C)Cc1ccc(C(C)C(=O)NCC2CC[C@H]3[C@@H]4CCC5N(C)C(=O)CC(C6(CNC(=O)C(C)c7ccc(CC(C)C)cc7)CC[C@H]7[C@@H]8CCC9N(C)C(=O)C=C[C@]9(C)[C@@H]8CC[C@@]76C)[C@]5(C)[C@@H]4CC[C@]23C)cc1. The Morgan fingerprint density at radius 1 is 0.608 bits per heavy atom. The first-order valence-corrected chi connectivity index (χ1v) is 30.0. The molecule has 0 radical (unpaired) electrons. The lowest BCUT2D eigenvalue weighted by Gasteiger charge is -2.69. The minimum Gasteiger partial charge on any atom is -0.355 e. The van der Waals surface area contributed by atoms with Crippen molar-refractivity contribution in [3.63, 3.8) is 0 Å². The number of likely N-dealkylation sites (N-methyl/N-ethyl adjacent to an activating group) is 1. The Bertz CT molecular complexity index is 2460. The van der Waals surface area contributed by atoms with E-state index in [9.17, 15) is 19.2 Å². The average Bonchev–Trinajstić information content (AvgIpc) is 3.88. The van der Waals surface area contributed by atoms with Crippen molar-refractivity contribution in [2.45, 2.75) is 189 Å². The van der Waals surface area contributed by atoms with Crippen LogP contribution in [-0.4, -0.2) is 72.7 Å². The molecule has 2 aromatic carbocycles. The summed E-state index contributed by atoms with van der Waals surface area (Å²) < 4.78 is 0. The van der Waals surface area contributed by atoms with Gasteiger partial charge in [0.25, 0.3) is 0 Å². The number of fused-ring (bicyclic) bond motifs is 10. The van der Waals surface area contributed by atoms with Crippen LogP contribution in [0.1, 0.15) is 187 Å². The van der Waals surface area contributed by atoms with Gasteiger partial charge in [0, 0.05) is 51.1 Å². The number of hydrogen-bond acceptors (Lipinski definition) is 4. The molecule has 4 amide bonds. The van der Waals surface area contributed by atoms with Crippen LogP contribution in [0.25, 0.3) is 0 Å². The van der Waals surface area contributed by atoms with E-state index < -0.39 is 0 Å². The van der Waals surface area contributed by atoms with Crippen molar-refractivity contribution < 1.29 is 19.2 Å². The number of nitrogens with zero attached hydrogens (tertiary/aromatic N) is 2. The number of nitrogens with one attached hydrogen (secondary N) is 2. The minimum absolute atomic E-state index is 0.0575. The summed E-state index contributed by atoms with van der Waals surface area (Å²) in [6.07, 6.45) is 20.2. The fraction of sp³-hybridized carbons (Fsp3) is 0.727. The Kier molecular flexibility index (Phi) is 14.3. The minimum atomic E-state index is -0.282. The molecule has 2 heterocycles. The molecule has 7 unspecified atom stereocenters. The number of likely N-dealkylation sites (tertiary alicyclic amines) is 1. The number of rotatable bonds is 13. The third kappa shape index (κ3) is 8.56. The van der Waals surface area contributed by atoms with Gasteiger partial charge in [0.05, 0.1) is 11.8 Å². The summed E-state index contributed by atoms with van der Waals surface area (Å²) in [5.41, 5.74) is 4.45. The molecular formula is C66H96N4O4. The van der Waals surface area contributed by atoms with Crippen LogP contribution in [-0.2, 0) is 32.0 Å². The molecule has 404 valence electrons. The van der Waals surface area contributed by atoms with Crippen LogP contribution in [0.15, 0.2) is 60.7 Å². The van der Waals surface area contributed by atoms with Crippen LogP contribution in [0.4, 0.5) is 0 Å². The Morgan fingerprint density at radius 2 is 1.16 bits per heavy atom. The van der Waals surface area contributed by atoms with Crippen LogP contribution >= 0.6 is 0 Å². The number of benzene rings is 2. The highest BCUT2D eigenvalue weighted by molar-refractivity contribution is 5.89. The van der Waals surface area contributed by atoms with Gasteiger partial charge in [-0.25, -0.2) is 0 Å². The van der Waals surface area contributed by atoms with Gasteiger partial charge < -0.3 is 20.4 Å². The second-order valence-electron chi connectivity index (χ2n) is 28.3. The lowest BCUT2D eigenvalue weighted by Crippen LogP contribution is -2.70. The van der Waals surface area contributed by atoms with Gasteiger partial charge in [0.1, 0.15) is 0 Å². The summed E-state index contributed by atoms with van der Waals surface area (Å²) in [6.45, 7) is 24.8. The maximum absolute atomic E-state index is 14.9. The first-order valence-electron chi connectivity index (χ1n) is 30.0. The first kappa shape index (κ1) is 53.5. The smallest absolute Gasteiger partial charge is 0.246 e. The van der Waals surface area contributed by atoms with Gasteiger partial charge in [-0.15, -0.1) is 0 Å². The van der Waals surface area contributed by atoms with Gasteiger partial charge in [-0.05, 0) is 213 Å². The van der Waals surface area contributed by atoms with Crippen molar-refractivity contribution in [1.29, 1.82) is 0 Å². The molecule has 6 saturated carbocycles. The van der Waals surface area contributed by atoms with Crippen LogP contribution < -0.4 is 10.6 Å². The Hall–Kier alpha value is -3.94. The zero-order chi connectivity index (χ0) is 52.9. The van der Waals surface area contributed by atoms with Gasteiger partial charge in [0.2, 0.25) is 23.6 Å². The van der Waals surface area contributed by atoms with E-state index in [1.54, 1.807) is 0 Å². The van der Waals surface area contributed by atoms with E-state index in [2.05, 4.69) is 146 Å². The predicted octanol–water partition coefficient (Wildman–Crippen LogP) is 12.6. The monoisotopic (exact) mass is 1010 g/mol. The summed E-state index contributed by atoms with van der Waals surface area (Å²) in [6, 6.07) is 17.9. The van der Waals surface area contributed by atoms with Gasteiger partial charge in [-0.2, -0.15) is 0 Å². The number of carbonyl (C=O) groups excluding carboxylic acids is 4. The van der Waals surface area contributed by atoms with Crippen molar-refractivity contribution in [3.05, 3.63) is 82.9 Å². The second kappa shape index (κ2) is 19.8. The number of carbonyl (C=O) groups is 4. The number of hydrogen-bond donors (Lipinski definition) is 2. The van der Waals surface area contributed by atoms with E-state index in [1.807, 2.05) is 18.0 Å². The fourth-order valence-electron chi connectivity index (χ4n) is 20.2. The van der Waals surface area contributed by atoms with E-state index >= 15 is 0 Å². The third-order valence-corrected chi connectivity index (χ3v) is 24.3. The number of amides is 4. The van der Waals surface area contributed by atoms with Crippen molar-refractivity contribution in [2.24, 2.45) is 86.3 Å². The molecule has 2 aromatic rings. The van der Waals surface area contributed by atoms with Crippen LogP contribution in [0.5, 0.6) is 0 Å². The van der Waals surface area contributed by atoms with Crippen molar-refractivity contribution in [1.82, 2.24) is 20.4 Å². The normalized spacial score (nSPS) is 40.1. The lowest BCUT2D eigenvalue weighted by molar-refractivity contribution is -0.209. The molecule has 0 spiro atoms. The fourth-order valence-corrected chi connectivity index (χ4v) is 20.2. The highest BCUT2D eigenvalue weighted by Gasteiger charge is 2.73. The van der Waals surface area contributed by atoms with Crippen molar-refractivity contribution >= 4 is 23.6 Å². The maximum Gasteiger partial charge on any atom is 0.246 e. The largest absolute Gasteiger partial charge is 0.355 e.